The van der Waals surface area contributed by atoms with Crippen molar-refractivity contribution in [1.29, 1.82) is 0 Å². The minimum Gasteiger partial charge on any atom is -0.361 e. The first-order chi connectivity index (χ1) is 5.29. The van der Waals surface area contributed by atoms with Crippen LogP contribution in [0.1, 0.15) is 19.3 Å². The highest BCUT2D eigenvalue weighted by molar-refractivity contribution is 5.19. The molecule has 0 spiro atoms. The van der Waals surface area contributed by atoms with E-state index in [-0.39, 0.29) is 0 Å². The molecular weight excluding hydrogens is 136 g/mol. The topological polar surface area (TPSA) is 6.48 Å². The molecule has 2 heterocycles. The lowest BCUT2D eigenvalue weighted by Gasteiger charge is -2.31. The fourth-order valence-electron chi connectivity index (χ4n) is 2.22. The fraction of sp³-hybridized carbons (Fsp3) is 0.778. The van der Waals surface area contributed by atoms with E-state index in [1.54, 1.807) is 5.57 Å². The van der Waals surface area contributed by atoms with Crippen LogP contribution >= 0.6 is 0 Å². The summed E-state index contributed by atoms with van der Waals surface area (Å²) in [5.41, 5.74) is 1.68. The maximum atomic E-state index is 2.39. The molecule has 0 radical (unpaired) electrons. The second-order valence-corrected chi connectivity index (χ2v) is 3.62. The Morgan fingerprint density at radius 1 is 1.00 bits per heavy atom. The van der Waals surface area contributed by atoms with E-state index in [0.29, 0.717) is 0 Å². The van der Waals surface area contributed by atoms with Crippen molar-refractivity contribution in [3.05, 3.63) is 11.4 Å². The van der Waals surface area contributed by atoms with Crippen LogP contribution in [0.25, 0.3) is 0 Å². The van der Waals surface area contributed by atoms with Gasteiger partial charge in [-0.15, -0.1) is 0 Å². The van der Waals surface area contributed by atoms with Crippen LogP contribution in [-0.4, -0.2) is 37.0 Å². The Morgan fingerprint density at radius 3 is 2.45 bits per heavy atom. The van der Waals surface area contributed by atoms with Gasteiger partial charge in [-0.05, 0) is 24.8 Å². The summed E-state index contributed by atoms with van der Waals surface area (Å²) >= 11 is 0. The van der Waals surface area contributed by atoms with Crippen LogP contribution < -0.4 is 0 Å². The predicted molar refractivity (Wildman–Crippen MR) is 46.1 cm³/mol. The second-order valence-electron chi connectivity index (χ2n) is 3.62. The molecule has 11 heavy (non-hydrogen) atoms. The quantitative estimate of drug-likeness (QED) is 0.515. The minimum absolute atomic E-state index is 1.23. The molecule has 0 atom stereocenters. The van der Waals surface area contributed by atoms with Crippen molar-refractivity contribution in [2.45, 2.75) is 19.3 Å². The molecule has 0 aromatic heterocycles. The highest BCUT2D eigenvalue weighted by atomic mass is 15.3. The molecular formula is C9H16N2. The van der Waals surface area contributed by atoms with Gasteiger partial charge in [0, 0.05) is 27.2 Å². The van der Waals surface area contributed by atoms with Crippen molar-refractivity contribution in [1.82, 2.24) is 9.80 Å². The van der Waals surface area contributed by atoms with E-state index in [0.717, 1.165) is 0 Å². The van der Waals surface area contributed by atoms with Crippen LogP contribution in [0.3, 0.4) is 0 Å². The maximum absolute atomic E-state index is 2.39. The molecule has 0 fully saturated rings. The Bertz CT molecular complexity index is 196. The van der Waals surface area contributed by atoms with Crippen LogP contribution in [-0.2, 0) is 0 Å². The van der Waals surface area contributed by atoms with Crippen molar-refractivity contribution in [3.63, 3.8) is 0 Å². The zero-order valence-electron chi connectivity index (χ0n) is 7.43. The molecule has 2 nitrogen and oxygen atoms in total. The lowest BCUT2D eigenvalue weighted by molar-refractivity contribution is 0.277. The van der Waals surface area contributed by atoms with E-state index < -0.39 is 0 Å². The molecule has 0 N–H and O–H groups in total. The van der Waals surface area contributed by atoms with Crippen molar-refractivity contribution in [2.24, 2.45) is 0 Å². The maximum Gasteiger partial charge on any atom is 0.103 e. The average molecular weight is 152 g/mol. The Kier molecular flexibility index (Phi) is 1.55. The third kappa shape index (κ3) is 1.01. The van der Waals surface area contributed by atoms with E-state index in [1.165, 1.54) is 38.2 Å². The third-order valence-corrected chi connectivity index (χ3v) is 2.76. The van der Waals surface area contributed by atoms with Gasteiger partial charge in [0.15, 0.2) is 0 Å². The van der Waals surface area contributed by atoms with Gasteiger partial charge in [-0.2, -0.15) is 0 Å². The summed E-state index contributed by atoms with van der Waals surface area (Å²) in [7, 11) is 4.40. The molecule has 0 aromatic carbocycles. The summed E-state index contributed by atoms with van der Waals surface area (Å²) < 4.78 is 0. The van der Waals surface area contributed by atoms with Crippen LogP contribution in [0.5, 0.6) is 0 Å². The molecule has 0 saturated carbocycles. The van der Waals surface area contributed by atoms with Gasteiger partial charge in [-0.25, -0.2) is 0 Å². The van der Waals surface area contributed by atoms with E-state index in [9.17, 15) is 0 Å². The number of nitrogens with zero attached hydrogens (tertiary/aromatic N) is 2. The van der Waals surface area contributed by atoms with Crippen LogP contribution in [0.4, 0.5) is 0 Å². The molecule has 0 unspecified atom stereocenters. The van der Waals surface area contributed by atoms with Crippen molar-refractivity contribution >= 4 is 0 Å². The number of rotatable bonds is 0. The van der Waals surface area contributed by atoms with E-state index >= 15 is 0 Å². The molecule has 2 aliphatic heterocycles. The molecule has 0 saturated heterocycles. The molecule has 62 valence electrons. The van der Waals surface area contributed by atoms with Crippen LogP contribution in [0, 0.1) is 0 Å². The Balaban J connectivity index is 2.27. The monoisotopic (exact) mass is 152 g/mol. The SMILES string of the molecule is CN1CCCC2=C1N(C)CC2. The average Bonchev–Trinajstić information content (AvgIpc) is 2.34. The van der Waals surface area contributed by atoms with Crippen molar-refractivity contribution in [2.75, 3.05) is 27.2 Å². The second kappa shape index (κ2) is 2.43. The number of hydrogen-bond acceptors (Lipinski definition) is 2. The standard InChI is InChI=1S/C9H16N2/c1-10-6-3-4-8-5-7-11(2)9(8)10/h3-7H2,1-2H3. The highest BCUT2D eigenvalue weighted by Crippen LogP contribution is 2.30. The number of hydrogen-bond donors (Lipinski definition) is 0. The Hall–Kier alpha value is -0.660. The largest absolute Gasteiger partial charge is 0.361 e. The van der Waals surface area contributed by atoms with Gasteiger partial charge in [-0.3, -0.25) is 0 Å². The smallest absolute Gasteiger partial charge is 0.103 e. The first kappa shape index (κ1) is 7.01. The summed E-state index contributed by atoms with van der Waals surface area (Å²) in [5, 5.41) is 0. The van der Waals surface area contributed by atoms with E-state index in [1.807, 2.05) is 0 Å². The van der Waals surface area contributed by atoms with Gasteiger partial charge in [-0.1, -0.05) is 0 Å². The van der Waals surface area contributed by atoms with Crippen LogP contribution in [0.2, 0.25) is 0 Å². The molecule has 0 amide bonds. The molecule has 2 aliphatic rings. The minimum atomic E-state index is 1.23. The molecule has 0 bridgehead atoms. The molecule has 2 heteroatoms. The third-order valence-electron chi connectivity index (χ3n) is 2.76. The summed E-state index contributed by atoms with van der Waals surface area (Å²) in [6.07, 6.45) is 3.99. The Morgan fingerprint density at radius 2 is 1.73 bits per heavy atom. The molecule has 0 aliphatic carbocycles. The van der Waals surface area contributed by atoms with Crippen molar-refractivity contribution in [3.8, 4) is 0 Å². The lowest BCUT2D eigenvalue weighted by atomic mass is 10.1. The van der Waals surface area contributed by atoms with Gasteiger partial charge >= 0.3 is 0 Å². The first-order valence-corrected chi connectivity index (χ1v) is 4.43. The highest BCUT2D eigenvalue weighted by Gasteiger charge is 2.24. The zero-order valence-corrected chi connectivity index (χ0v) is 7.43. The lowest BCUT2D eigenvalue weighted by Crippen LogP contribution is -2.30. The van der Waals surface area contributed by atoms with Gasteiger partial charge in [0.05, 0.1) is 0 Å². The zero-order chi connectivity index (χ0) is 7.84. The Labute approximate surface area is 68.5 Å². The normalized spacial score (nSPS) is 24.5. The van der Waals surface area contributed by atoms with Crippen LogP contribution in [0.15, 0.2) is 11.4 Å². The summed E-state index contributed by atoms with van der Waals surface area (Å²) in [5.74, 6) is 1.51. The van der Waals surface area contributed by atoms with Crippen molar-refractivity contribution < 1.29 is 0 Å². The van der Waals surface area contributed by atoms with Gasteiger partial charge in [0.2, 0.25) is 0 Å². The summed E-state index contributed by atoms with van der Waals surface area (Å²) in [6.45, 7) is 2.47. The predicted octanol–water partition coefficient (Wildman–Crippen LogP) is 1.26. The van der Waals surface area contributed by atoms with E-state index in [2.05, 4.69) is 23.9 Å². The summed E-state index contributed by atoms with van der Waals surface area (Å²) in [4.78, 5) is 4.78. The van der Waals surface area contributed by atoms with Gasteiger partial charge < -0.3 is 9.80 Å². The molecule has 0 aromatic rings. The van der Waals surface area contributed by atoms with E-state index in [4.69, 9.17) is 0 Å². The summed E-state index contributed by atoms with van der Waals surface area (Å²) in [6, 6.07) is 0. The fourth-order valence-corrected chi connectivity index (χ4v) is 2.22. The van der Waals surface area contributed by atoms with Gasteiger partial charge in [0.25, 0.3) is 0 Å². The molecule has 2 rings (SSSR count). The van der Waals surface area contributed by atoms with Gasteiger partial charge in [0.1, 0.15) is 5.82 Å². The first-order valence-electron chi connectivity index (χ1n) is 4.43.